The normalized spacial score (nSPS) is 36.0. The molecular formula is C22H27N4O2S+. The van der Waals surface area contributed by atoms with Crippen LogP contribution in [0.3, 0.4) is 0 Å². The summed E-state index contributed by atoms with van der Waals surface area (Å²) >= 11 is 1.78. The van der Waals surface area contributed by atoms with Crippen LogP contribution in [0.5, 0.6) is 0 Å². The van der Waals surface area contributed by atoms with Crippen LogP contribution < -0.4 is 5.84 Å². The van der Waals surface area contributed by atoms with E-state index in [1.54, 1.807) is 18.0 Å². The van der Waals surface area contributed by atoms with E-state index < -0.39 is 5.60 Å². The summed E-state index contributed by atoms with van der Waals surface area (Å²) in [6.45, 7) is 2.74. The Bertz CT molecular complexity index is 921. The predicted octanol–water partition coefficient (Wildman–Crippen LogP) is 3.68. The van der Waals surface area contributed by atoms with Gasteiger partial charge in [-0.2, -0.15) is 10.8 Å². The summed E-state index contributed by atoms with van der Waals surface area (Å²) in [4.78, 5) is 10.4. The molecule has 3 N–H and O–H groups in total. The van der Waals surface area contributed by atoms with E-state index in [0.717, 1.165) is 42.2 Å². The van der Waals surface area contributed by atoms with Crippen LogP contribution in [0.25, 0.3) is 0 Å². The summed E-state index contributed by atoms with van der Waals surface area (Å²) in [5, 5.41) is 10.2. The van der Waals surface area contributed by atoms with E-state index in [1.807, 2.05) is 19.3 Å². The van der Waals surface area contributed by atoms with Gasteiger partial charge in [-0.15, -0.1) is 4.59 Å². The Morgan fingerprint density at radius 2 is 2.03 bits per heavy atom. The van der Waals surface area contributed by atoms with Crippen molar-refractivity contribution in [2.24, 2.45) is 21.7 Å². The Labute approximate surface area is 175 Å². The summed E-state index contributed by atoms with van der Waals surface area (Å²) in [5.41, 5.74) is 2.50. The number of quaternary nitrogens is 1. The molecule has 1 aromatic rings. The minimum Gasteiger partial charge on any atom is -0.390 e. The van der Waals surface area contributed by atoms with Crippen LogP contribution >= 0.6 is 11.8 Å². The molecule has 29 heavy (non-hydrogen) atoms. The number of benzene rings is 1. The number of aliphatic hydroxyl groups is 1. The first kappa shape index (κ1) is 19.2. The molecule has 2 atom stereocenters. The molecule has 5 rings (SSSR count). The quantitative estimate of drug-likeness (QED) is 0.585. The highest BCUT2D eigenvalue weighted by Crippen LogP contribution is 2.46. The van der Waals surface area contributed by atoms with Gasteiger partial charge in [-0.3, -0.25) is 4.99 Å². The molecule has 1 aromatic carbocycles. The molecule has 1 saturated heterocycles. The lowest BCUT2D eigenvalue weighted by atomic mass is 9.70. The zero-order valence-electron chi connectivity index (χ0n) is 16.6. The Morgan fingerprint density at radius 1 is 1.24 bits per heavy atom. The average molecular weight is 412 g/mol. The third-order valence-corrected chi connectivity index (χ3v) is 7.28. The molecule has 7 heteroatoms. The van der Waals surface area contributed by atoms with Crippen LogP contribution in [0.1, 0.15) is 44.6 Å². The number of nitrogens with zero attached hydrogens (tertiary/aromatic N) is 3. The molecule has 3 heterocycles. The van der Waals surface area contributed by atoms with E-state index >= 15 is 0 Å². The van der Waals surface area contributed by atoms with Crippen molar-refractivity contribution in [1.82, 2.24) is 0 Å². The second-order valence-electron chi connectivity index (χ2n) is 8.60. The van der Waals surface area contributed by atoms with Gasteiger partial charge >= 0.3 is 0 Å². The molecule has 152 valence electrons. The molecule has 0 spiro atoms. The van der Waals surface area contributed by atoms with Gasteiger partial charge in [0, 0.05) is 17.4 Å². The molecule has 2 fully saturated rings. The maximum Gasteiger partial charge on any atom is 0.264 e. The molecule has 1 saturated carbocycles. The predicted molar refractivity (Wildman–Crippen MR) is 115 cm³/mol. The Balaban J connectivity index is 1.40. The van der Waals surface area contributed by atoms with Gasteiger partial charge in [0.2, 0.25) is 5.70 Å². The minimum atomic E-state index is -0.609. The fourth-order valence-corrected chi connectivity index (χ4v) is 5.59. The van der Waals surface area contributed by atoms with E-state index in [1.165, 1.54) is 11.3 Å². The fourth-order valence-electron chi connectivity index (χ4n) is 4.54. The first-order valence-corrected chi connectivity index (χ1v) is 11.2. The number of thioether (sulfide) groups is 1. The molecule has 3 aliphatic heterocycles. The van der Waals surface area contributed by atoms with Gasteiger partial charge in [0.1, 0.15) is 17.3 Å². The highest BCUT2D eigenvalue weighted by Gasteiger charge is 2.50. The van der Waals surface area contributed by atoms with Gasteiger partial charge in [0.05, 0.1) is 23.6 Å². The Morgan fingerprint density at radius 3 is 2.72 bits per heavy atom. The van der Waals surface area contributed by atoms with Crippen molar-refractivity contribution in [3.63, 3.8) is 0 Å². The van der Waals surface area contributed by atoms with Crippen molar-refractivity contribution in [3.8, 4) is 0 Å². The maximum atomic E-state index is 10.2. The fraction of sp³-hybridized carbons (Fsp3) is 0.455. The number of allylic oxidation sites excluding steroid dienone is 2. The summed E-state index contributed by atoms with van der Waals surface area (Å²) < 4.78 is 5.88. The minimum absolute atomic E-state index is 0.0374. The Hall–Kier alpha value is -1.77. The summed E-state index contributed by atoms with van der Waals surface area (Å²) in [7, 11) is 0. The zero-order chi connectivity index (χ0) is 20.1. The van der Waals surface area contributed by atoms with Gasteiger partial charge < -0.3 is 9.84 Å². The molecular weight excluding hydrogens is 384 g/mol. The summed E-state index contributed by atoms with van der Waals surface area (Å²) in [6.07, 6.45) is 10.3. The van der Waals surface area contributed by atoms with Gasteiger partial charge in [0.25, 0.3) is 5.84 Å². The number of nitrogens with two attached hydrogens (primary N) is 1. The second kappa shape index (κ2) is 7.18. The topological polar surface area (TPSA) is 80.2 Å². The third-order valence-electron chi connectivity index (χ3n) is 6.10. The van der Waals surface area contributed by atoms with Crippen molar-refractivity contribution < 1.29 is 14.4 Å². The lowest BCUT2D eigenvalue weighted by Crippen LogP contribution is -2.53. The van der Waals surface area contributed by atoms with Crippen molar-refractivity contribution in [1.29, 1.82) is 0 Å². The van der Waals surface area contributed by atoms with Crippen LogP contribution in [-0.4, -0.2) is 39.4 Å². The van der Waals surface area contributed by atoms with Crippen LogP contribution in [0.2, 0.25) is 0 Å². The summed E-state index contributed by atoms with van der Waals surface area (Å²) in [6, 6.07) is 8.43. The SMILES string of the molecule is CC1(O)CC(C2=C3C=NC=C[N+]3(N)C(c3ccc(SC4CCCCO4)cc3)=N2)C1. The highest BCUT2D eigenvalue weighted by atomic mass is 32.2. The molecule has 4 aliphatic rings. The summed E-state index contributed by atoms with van der Waals surface area (Å²) in [5.74, 6) is 7.80. The van der Waals surface area contributed by atoms with Gasteiger partial charge in [0.15, 0.2) is 0 Å². The number of fused-ring (bicyclic) bond motifs is 1. The van der Waals surface area contributed by atoms with Crippen molar-refractivity contribution in [3.05, 3.63) is 53.6 Å². The average Bonchev–Trinajstić information content (AvgIpc) is 3.00. The Kier molecular flexibility index (Phi) is 4.75. The molecule has 0 aromatic heterocycles. The molecule has 1 aliphatic carbocycles. The van der Waals surface area contributed by atoms with E-state index in [4.69, 9.17) is 15.6 Å². The molecule has 0 radical (unpaired) electrons. The number of amidine groups is 1. The van der Waals surface area contributed by atoms with E-state index in [-0.39, 0.29) is 15.9 Å². The number of aliphatic imine (C=N–C) groups is 2. The monoisotopic (exact) mass is 411 g/mol. The number of ether oxygens (including phenoxy) is 1. The molecule has 6 nitrogen and oxygen atoms in total. The van der Waals surface area contributed by atoms with E-state index in [0.29, 0.717) is 12.8 Å². The number of hydrogen-bond donors (Lipinski definition) is 2. The van der Waals surface area contributed by atoms with E-state index in [9.17, 15) is 5.11 Å². The zero-order valence-corrected chi connectivity index (χ0v) is 17.4. The van der Waals surface area contributed by atoms with Gasteiger partial charge in [-0.05, 0) is 63.3 Å². The number of rotatable bonds is 4. The molecule has 2 unspecified atom stereocenters. The third kappa shape index (κ3) is 3.51. The first-order valence-electron chi connectivity index (χ1n) is 10.3. The van der Waals surface area contributed by atoms with Crippen molar-refractivity contribution in [2.75, 3.05) is 6.61 Å². The van der Waals surface area contributed by atoms with E-state index in [2.05, 4.69) is 29.3 Å². The molecule has 0 bridgehead atoms. The highest BCUT2D eigenvalue weighted by molar-refractivity contribution is 7.99. The largest absolute Gasteiger partial charge is 0.390 e. The smallest absolute Gasteiger partial charge is 0.264 e. The van der Waals surface area contributed by atoms with Gasteiger partial charge in [-0.1, -0.05) is 11.8 Å². The first-order chi connectivity index (χ1) is 13.9. The lowest BCUT2D eigenvalue weighted by molar-refractivity contribution is -0.750. The standard InChI is InChI=1S/C22H27N4O2S/c1-22(27)12-16(13-22)20-18-14-24-9-10-26(18,23)21(25-20)15-5-7-17(8-6-15)29-19-4-2-3-11-28-19/h5-10,14,16,19,27H,2-4,11-13,23H2,1H3/q+1. The maximum absolute atomic E-state index is 10.2. The van der Waals surface area contributed by atoms with Crippen LogP contribution in [0.4, 0.5) is 0 Å². The van der Waals surface area contributed by atoms with Crippen LogP contribution in [0.15, 0.2) is 62.9 Å². The van der Waals surface area contributed by atoms with Crippen LogP contribution in [-0.2, 0) is 4.74 Å². The second-order valence-corrected chi connectivity index (χ2v) is 9.83. The number of hydrogen-bond acceptors (Lipinski definition) is 6. The lowest BCUT2D eigenvalue weighted by Gasteiger charge is -2.40. The van der Waals surface area contributed by atoms with Crippen LogP contribution in [0, 0.1) is 5.92 Å². The van der Waals surface area contributed by atoms with Crippen molar-refractivity contribution >= 4 is 23.8 Å². The molecule has 0 amide bonds. The van der Waals surface area contributed by atoms with Crippen molar-refractivity contribution in [2.45, 2.75) is 55.0 Å². The van der Waals surface area contributed by atoms with Gasteiger partial charge in [-0.25, -0.2) is 0 Å².